The molecule has 90 valence electrons. The lowest BCUT2D eigenvalue weighted by atomic mass is 9.90. The van der Waals surface area contributed by atoms with E-state index in [0.29, 0.717) is 13.0 Å². The van der Waals surface area contributed by atoms with Crippen LogP contribution in [0.3, 0.4) is 0 Å². The van der Waals surface area contributed by atoms with Crippen LogP contribution in [0, 0.1) is 5.41 Å². The molecule has 0 saturated heterocycles. The smallest absolute Gasteiger partial charge is 0.357 e. The molecule has 0 aliphatic rings. The van der Waals surface area contributed by atoms with Gasteiger partial charge >= 0.3 is 5.97 Å². The summed E-state index contributed by atoms with van der Waals surface area (Å²) in [4.78, 5) is 14.3. The SMILES string of the molecule is CC(C)(CCO)CNc1nc(C(=O)O)co1. The quantitative estimate of drug-likeness (QED) is 0.677. The molecule has 0 atom stereocenters. The number of aromatic nitrogens is 1. The molecule has 0 saturated carbocycles. The van der Waals surface area contributed by atoms with Gasteiger partial charge in [-0.15, -0.1) is 0 Å². The van der Waals surface area contributed by atoms with Gasteiger partial charge in [0.15, 0.2) is 5.69 Å². The molecule has 0 bridgehead atoms. The maximum atomic E-state index is 10.5. The number of aliphatic hydroxyl groups excluding tert-OH is 1. The summed E-state index contributed by atoms with van der Waals surface area (Å²) in [5, 5.41) is 20.4. The van der Waals surface area contributed by atoms with Crippen LogP contribution in [0.2, 0.25) is 0 Å². The Labute approximate surface area is 93.3 Å². The summed E-state index contributed by atoms with van der Waals surface area (Å²) in [6.45, 7) is 4.63. The van der Waals surface area contributed by atoms with Crippen molar-refractivity contribution in [2.24, 2.45) is 5.41 Å². The number of carboxylic acids is 1. The molecule has 3 N–H and O–H groups in total. The largest absolute Gasteiger partial charge is 0.476 e. The number of hydrogen-bond acceptors (Lipinski definition) is 5. The lowest BCUT2D eigenvalue weighted by Crippen LogP contribution is -2.24. The summed E-state index contributed by atoms with van der Waals surface area (Å²) in [5.41, 5.74) is -0.227. The molecule has 1 rings (SSSR count). The van der Waals surface area contributed by atoms with E-state index in [9.17, 15) is 4.79 Å². The van der Waals surface area contributed by atoms with Gasteiger partial charge < -0.3 is 19.9 Å². The first kappa shape index (κ1) is 12.5. The third kappa shape index (κ3) is 3.54. The highest BCUT2D eigenvalue weighted by Gasteiger charge is 2.18. The van der Waals surface area contributed by atoms with Gasteiger partial charge in [0.2, 0.25) is 0 Å². The second-order valence-corrected chi connectivity index (χ2v) is 4.33. The first-order valence-electron chi connectivity index (χ1n) is 4.98. The molecular weight excluding hydrogens is 212 g/mol. The molecule has 1 heterocycles. The Bertz CT molecular complexity index is 359. The predicted octanol–water partition coefficient (Wildman–Crippen LogP) is 1.19. The number of aromatic carboxylic acids is 1. The molecule has 1 aromatic heterocycles. The minimum Gasteiger partial charge on any atom is -0.476 e. The molecule has 16 heavy (non-hydrogen) atoms. The van der Waals surface area contributed by atoms with Gasteiger partial charge in [0.1, 0.15) is 6.26 Å². The van der Waals surface area contributed by atoms with Crippen molar-refractivity contribution in [2.75, 3.05) is 18.5 Å². The Kier molecular flexibility index (Phi) is 3.89. The minimum absolute atomic E-state index is 0.105. The zero-order chi connectivity index (χ0) is 12.2. The Morgan fingerprint density at radius 3 is 2.81 bits per heavy atom. The Morgan fingerprint density at radius 2 is 2.31 bits per heavy atom. The van der Waals surface area contributed by atoms with E-state index >= 15 is 0 Å². The van der Waals surface area contributed by atoms with Gasteiger partial charge in [0, 0.05) is 13.2 Å². The lowest BCUT2D eigenvalue weighted by molar-refractivity contribution is 0.0690. The van der Waals surface area contributed by atoms with Crippen LogP contribution in [0.25, 0.3) is 0 Å². The van der Waals surface area contributed by atoms with Gasteiger partial charge in [0.05, 0.1) is 0 Å². The molecule has 0 radical (unpaired) electrons. The van der Waals surface area contributed by atoms with Gasteiger partial charge in [-0.1, -0.05) is 13.8 Å². The number of hydrogen-bond donors (Lipinski definition) is 3. The van der Waals surface area contributed by atoms with Crippen molar-refractivity contribution in [3.63, 3.8) is 0 Å². The highest BCUT2D eigenvalue weighted by Crippen LogP contribution is 2.20. The second-order valence-electron chi connectivity index (χ2n) is 4.33. The molecule has 6 heteroatoms. The number of aliphatic hydroxyl groups is 1. The van der Waals surface area contributed by atoms with E-state index < -0.39 is 5.97 Å². The third-order valence-electron chi connectivity index (χ3n) is 2.23. The summed E-state index contributed by atoms with van der Waals surface area (Å²) < 4.78 is 4.93. The fourth-order valence-corrected chi connectivity index (χ4v) is 1.16. The molecule has 1 aromatic rings. The normalized spacial score (nSPS) is 11.4. The lowest BCUT2D eigenvalue weighted by Gasteiger charge is -2.23. The number of nitrogens with zero attached hydrogens (tertiary/aromatic N) is 1. The first-order valence-corrected chi connectivity index (χ1v) is 4.98. The van der Waals surface area contributed by atoms with Crippen molar-refractivity contribution in [3.05, 3.63) is 12.0 Å². The number of anilines is 1. The van der Waals surface area contributed by atoms with Crippen molar-refractivity contribution in [3.8, 4) is 0 Å². The van der Waals surface area contributed by atoms with Crippen molar-refractivity contribution in [1.29, 1.82) is 0 Å². The van der Waals surface area contributed by atoms with E-state index in [-0.39, 0.29) is 23.7 Å². The van der Waals surface area contributed by atoms with Crippen LogP contribution >= 0.6 is 0 Å². The summed E-state index contributed by atoms with van der Waals surface area (Å²) in [5.74, 6) is -1.12. The highest BCUT2D eigenvalue weighted by molar-refractivity contribution is 5.85. The van der Waals surface area contributed by atoms with Crippen molar-refractivity contribution < 1.29 is 19.4 Å². The monoisotopic (exact) mass is 228 g/mol. The fourth-order valence-electron chi connectivity index (χ4n) is 1.16. The van der Waals surface area contributed by atoms with E-state index in [1.54, 1.807) is 0 Å². The summed E-state index contributed by atoms with van der Waals surface area (Å²) in [7, 11) is 0. The van der Waals surface area contributed by atoms with E-state index in [0.717, 1.165) is 6.26 Å². The average Bonchev–Trinajstić information content (AvgIpc) is 2.63. The molecular formula is C10H16N2O4. The van der Waals surface area contributed by atoms with Gasteiger partial charge in [0.25, 0.3) is 6.01 Å². The zero-order valence-electron chi connectivity index (χ0n) is 9.36. The van der Waals surface area contributed by atoms with Gasteiger partial charge in [-0.05, 0) is 11.8 Å². The molecule has 0 amide bonds. The first-order chi connectivity index (χ1) is 7.44. The maximum absolute atomic E-state index is 10.5. The summed E-state index contributed by atoms with van der Waals surface area (Å²) in [6.07, 6.45) is 1.73. The Balaban J connectivity index is 2.51. The third-order valence-corrected chi connectivity index (χ3v) is 2.23. The zero-order valence-corrected chi connectivity index (χ0v) is 9.36. The summed E-state index contributed by atoms with van der Waals surface area (Å²) in [6, 6.07) is 0.184. The molecule has 0 spiro atoms. The second kappa shape index (κ2) is 4.98. The maximum Gasteiger partial charge on any atom is 0.357 e. The van der Waals surface area contributed by atoms with Crippen LogP contribution in [-0.2, 0) is 0 Å². The van der Waals surface area contributed by atoms with Crippen LogP contribution in [0.15, 0.2) is 10.7 Å². The van der Waals surface area contributed by atoms with Crippen LogP contribution in [-0.4, -0.2) is 34.3 Å². The average molecular weight is 228 g/mol. The fraction of sp³-hybridized carbons (Fsp3) is 0.600. The van der Waals surface area contributed by atoms with E-state index in [1.807, 2.05) is 13.8 Å². The number of carbonyl (C=O) groups is 1. The minimum atomic E-state index is -1.12. The molecule has 6 nitrogen and oxygen atoms in total. The number of carboxylic acid groups (broad SMARTS) is 1. The predicted molar refractivity (Wildman–Crippen MR) is 57.4 cm³/mol. The topological polar surface area (TPSA) is 95.6 Å². The van der Waals surface area contributed by atoms with Crippen molar-refractivity contribution in [1.82, 2.24) is 4.98 Å². The molecule has 0 fully saturated rings. The van der Waals surface area contributed by atoms with Crippen LogP contribution < -0.4 is 5.32 Å². The van der Waals surface area contributed by atoms with Crippen LogP contribution in [0.4, 0.5) is 6.01 Å². The van der Waals surface area contributed by atoms with Gasteiger partial charge in [-0.25, -0.2) is 4.79 Å². The Hall–Kier alpha value is -1.56. The van der Waals surface area contributed by atoms with Gasteiger partial charge in [-0.3, -0.25) is 0 Å². The number of rotatable bonds is 6. The molecule has 0 aromatic carbocycles. The molecule has 0 aliphatic carbocycles. The number of nitrogens with one attached hydrogen (secondary N) is 1. The summed E-state index contributed by atoms with van der Waals surface area (Å²) >= 11 is 0. The van der Waals surface area contributed by atoms with Crippen molar-refractivity contribution in [2.45, 2.75) is 20.3 Å². The van der Waals surface area contributed by atoms with Gasteiger partial charge in [-0.2, -0.15) is 4.98 Å². The highest BCUT2D eigenvalue weighted by atomic mass is 16.4. The van der Waals surface area contributed by atoms with E-state index in [1.165, 1.54) is 0 Å². The van der Waals surface area contributed by atoms with Crippen molar-refractivity contribution >= 4 is 12.0 Å². The van der Waals surface area contributed by atoms with Crippen LogP contribution in [0.5, 0.6) is 0 Å². The molecule has 0 unspecified atom stereocenters. The van der Waals surface area contributed by atoms with E-state index in [4.69, 9.17) is 14.6 Å². The Morgan fingerprint density at radius 1 is 1.62 bits per heavy atom. The number of oxazole rings is 1. The molecule has 0 aliphatic heterocycles. The van der Waals surface area contributed by atoms with Crippen LogP contribution in [0.1, 0.15) is 30.8 Å². The van der Waals surface area contributed by atoms with E-state index in [2.05, 4.69) is 10.3 Å². The standard InChI is InChI=1S/C10H16N2O4/c1-10(2,3-4-13)6-11-9-12-7(5-16-9)8(14)15/h5,13H,3-4,6H2,1-2H3,(H,11,12)(H,14,15).